The lowest BCUT2D eigenvalue weighted by atomic mass is 9.98. The summed E-state index contributed by atoms with van der Waals surface area (Å²) in [6.45, 7) is 10.4. The van der Waals surface area contributed by atoms with E-state index in [1.54, 1.807) is 15.9 Å². The number of halogens is 2. The SMILES string of the molecule is C=CC(=O)N1CCN2C(=O)c3c(N4CC(N(C)C5COC5)CC4(C)C)nc(-c4ccccc4F)c(F)c3OC[C@H]2C1. The molecule has 0 radical (unpaired) electrons. The van der Waals surface area contributed by atoms with E-state index in [0.717, 1.165) is 6.42 Å². The Kier molecular flexibility index (Phi) is 6.97. The number of nitrogens with zero attached hydrogens (tertiary/aromatic N) is 5. The molecule has 2 aromatic rings. The maximum absolute atomic E-state index is 16.3. The average molecular weight is 568 g/mol. The molecule has 0 spiro atoms. The number of amides is 2. The van der Waals surface area contributed by atoms with Crippen molar-refractivity contribution in [3.63, 3.8) is 0 Å². The Morgan fingerprint density at radius 2 is 1.90 bits per heavy atom. The van der Waals surface area contributed by atoms with Crippen molar-refractivity contribution in [2.75, 3.05) is 57.9 Å². The summed E-state index contributed by atoms with van der Waals surface area (Å²) in [6, 6.07) is 5.84. The number of ether oxygens (including phenoxy) is 2. The van der Waals surface area contributed by atoms with Gasteiger partial charge in [0.05, 0.1) is 25.3 Å². The molecule has 4 aliphatic rings. The van der Waals surface area contributed by atoms with E-state index in [9.17, 15) is 9.59 Å². The normalized spacial score (nSPS) is 24.0. The molecule has 0 N–H and O–H groups in total. The Bertz CT molecular complexity index is 1400. The van der Waals surface area contributed by atoms with Crippen LogP contribution in [-0.4, -0.2) is 108 Å². The van der Waals surface area contributed by atoms with Crippen molar-refractivity contribution in [3.8, 4) is 17.0 Å². The first-order chi connectivity index (χ1) is 19.6. The summed E-state index contributed by atoms with van der Waals surface area (Å²) >= 11 is 0. The van der Waals surface area contributed by atoms with Gasteiger partial charge in [-0.15, -0.1) is 0 Å². The van der Waals surface area contributed by atoms with Crippen LogP contribution in [0.3, 0.4) is 0 Å². The molecule has 3 fully saturated rings. The van der Waals surface area contributed by atoms with Crippen LogP contribution in [0.1, 0.15) is 30.6 Å². The molecule has 11 heteroatoms. The molecule has 2 amide bonds. The highest BCUT2D eigenvalue weighted by Crippen LogP contribution is 2.44. The third-order valence-electron chi connectivity index (χ3n) is 8.96. The highest BCUT2D eigenvalue weighted by Gasteiger charge is 2.47. The largest absolute Gasteiger partial charge is 0.487 e. The molecule has 6 rings (SSSR count). The molecule has 3 saturated heterocycles. The van der Waals surface area contributed by atoms with Crippen molar-refractivity contribution < 1.29 is 27.8 Å². The molecule has 0 aliphatic carbocycles. The zero-order valence-electron chi connectivity index (χ0n) is 23.6. The lowest BCUT2D eigenvalue weighted by Gasteiger charge is -2.40. The van der Waals surface area contributed by atoms with Gasteiger partial charge in [0.15, 0.2) is 11.6 Å². The lowest BCUT2D eigenvalue weighted by molar-refractivity contribution is -0.128. The van der Waals surface area contributed by atoms with Crippen molar-refractivity contribution in [3.05, 3.63) is 54.1 Å². The molecule has 1 aromatic heterocycles. The maximum Gasteiger partial charge on any atom is 0.262 e. The Morgan fingerprint density at radius 1 is 1.15 bits per heavy atom. The smallest absolute Gasteiger partial charge is 0.262 e. The van der Waals surface area contributed by atoms with Crippen LogP contribution in [0.4, 0.5) is 14.6 Å². The van der Waals surface area contributed by atoms with E-state index in [2.05, 4.69) is 32.4 Å². The van der Waals surface area contributed by atoms with E-state index in [1.807, 2.05) is 4.90 Å². The van der Waals surface area contributed by atoms with Gasteiger partial charge in [0.25, 0.3) is 5.91 Å². The van der Waals surface area contributed by atoms with Gasteiger partial charge in [-0.25, -0.2) is 13.8 Å². The Morgan fingerprint density at radius 3 is 2.59 bits per heavy atom. The van der Waals surface area contributed by atoms with Crippen LogP contribution in [0, 0.1) is 11.6 Å². The molecule has 1 aromatic carbocycles. The quantitative estimate of drug-likeness (QED) is 0.515. The molecule has 1 unspecified atom stereocenters. The van der Waals surface area contributed by atoms with Crippen LogP contribution in [0.15, 0.2) is 36.9 Å². The molecule has 0 bridgehead atoms. The standard InChI is InChI=1S/C30H35F2N5O4/c1-5-23(38)35-10-11-36-19(13-35)17-41-27-24(29(36)39)28(33-26(25(27)32)21-8-6-7-9-22(21)31)37-14-18(12-30(37,2)3)34(4)20-15-40-16-20/h5-9,18-20H,1,10-17H2,2-4H3/t18?,19-/m1/s1. The number of carbonyl (C=O) groups is 2. The number of carbonyl (C=O) groups excluding carboxylic acids is 2. The van der Waals surface area contributed by atoms with Crippen LogP contribution < -0.4 is 9.64 Å². The van der Waals surface area contributed by atoms with E-state index in [-0.39, 0.29) is 60.0 Å². The lowest BCUT2D eigenvalue weighted by Crippen LogP contribution is -2.57. The first kappa shape index (κ1) is 27.6. The van der Waals surface area contributed by atoms with E-state index in [0.29, 0.717) is 32.3 Å². The van der Waals surface area contributed by atoms with Crippen LogP contribution in [-0.2, 0) is 9.53 Å². The third kappa shape index (κ3) is 4.64. The van der Waals surface area contributed by atoms with Crippen molar-refractivity contribution in [1.82, 2.24) is 19.7 Å². The number of benzene rings is 1. The number of fused-ring (bicyclic) bond motifs is 2. The minimum absolute atomic E-state index is 0.00730. The fourth-order valence-electron chi connectivity index (χ4n) is 6.41. The number of aromatic nitrogens is 1. The predicted molar refractivity (Wildman–Crippen MR) is 149 cm³/mol. The minimum Gasteiger partial charge on any atom is -0.487 e. The molecule has 4 aliphatic heterocycles. The fourth-order valence-corrected chi connectivity index (χ4v) is 6.41. The van der Waals surface area contributed by atoms with Crippen LogP contribution in [0.2, 0.25) is 0 Å². The molecule has 218 valence electrons. The number of hydrogen-bond acceptors (Lipinski definition) is 7. The Balaban J connectivity index is 1.47. The summed E-state index contributed by atoms with van der Waals surface area (Å²) in [5.41, 5.74) is -0.618. The fraction of sp³-hybridized carbons (Fsp3) is 0.500. The van der Waals surface area contributed by atoms with Crippen molar-refractivity contribution in [2.45, 2.75) is 43.9 Å². The Hall–Kier alpha value is -3.57. The van der Waals surface area contributed by atoms with Crippen LogP contribution >= 0.6 is 0 Å². The maximum atomic E-state index is 16.3. The van der Waals surface area contributed by atoms with Gasteiger partial charge in [0.2, 0.25) is 5.91 Å². The summed E-state index contributed by atoms with van der Waals surface area (Å²) in [7, 11) is 2.07. The number of anilines is 1. The van der Waals surface area contributed by atoms with E-state index >= 15 is 8.78 Å². The monoisotopic (exact) mass is 567 g/mol. The van der Waals surface area contributed by atoms with Gasteiger partial charge < -0.3 is 24.2 Å². The van der Waals surface area contributed by atoms with Crippen molar-refractivity contribution in [2.24, 2.45) is 0 Å². The third-order valence-corrected chi connectivity index (χ3v) is 8.96. The van der Waals surface area contributed by atoms with Gasteiger partial charge in [0.1, 0.15) is 29.5 Å². The Labute approximate surface area is 238 Å². The summed E-state index contributed by atoms with van der Waals surface area (Å²) < 4.78 is 42.8. The molecule has 2 atom stereocenters. The number of piperazine rings is 1. The van der Waals surface area contributed by atoms with Crippen LogP contribution in [0.25, 0.3) is 11.3 Å². The second kappa shape index (κ2) is 10.4. The molecule has 9 nitrogen and oxygen atoms in total. The van der Waals surface area contributed by atoms with Gasteiger partial charge in [-0.2, -0.15) is 0 Å². The first-order valence-corrected chi connectivity index (χ1v) is 14.0. The molecule has 0 saturated carbocycles. The topological polar surface area (TPSA) is 78.5 Å². The molecular formula is C30H35F2N5O4. The van der Waals surface area contributed by atoms with E-state index < -0.39 is 29.1 Å². The van der Waals surface area contributed by atoms with Gasteiger partial charge in [0, 0.05) is 43.3 Å². The van der Waals surface area contributed by atoms with E-state index in [1.165, 1.54) is 24.3 Å². The zero-order valence-corrected chi connectivity index (χ0v) is 23.6. The zero-order chi connectivity index (χ0) is 29.1. The number of pyridine rings is 1. The molecule has 41 heavy (non-hydrogen) atoms. The highest BCUT2D eigenvalue weighted by molar-refractivity contribution is 6.03. The minimum atomic E-state index is -0.877. The highest BCUT2D eigenvalue weighted by atomic mass is 19.1. The van der Waals surface area contributed by atoms with Gasteiger partial charge in [-0.05, 0) is 45.5 Å². The van der Waals surface area contributed by atoms with Crippen molar-refractivity contribution >= 4 is 17.6 Å². The van der Waals surface area contributed by atoms with Gasteiger partial charge in [-0.3, -0.25) is 14.5 Å². The van der Waals surface area contributed by atoms with E-state index in [4.69, 9.17) is 14.5 Å². The van der Waals surface area contributed by atoms with Crippen LogP contribution in [0.5, 0.6) is 5.75 Å². The summed E-state index contributed by atoms with van der Waals surface area (Å²) in [5.74, 6) is -2.09. The number of rotatable bonds is 5. The van der Waals surface area contributed by atoms with Crippen molar-refractivity contribution in [1.29, 1.82) is 0 Å². The summed E-state index contributed by atoms with van der Waals surface area (Å²) in [4.78, 5) is 38.9. The summed E-state index contributed by atoms with van der Waals surface area (Å²) in [5, 5.41) is 0. The van der Waals surface area contributed by atoms with Gasteiger partial charge in [-0.1, -0.05) is 18.7 Å². The predicted octanol–water partition coefficient (Wildman–Crippen LogP) is 2.95. The first-order valence-electron chi connectivity index (χ1n) is 14.0. The number of hydrogen-bond donors (Lipinski definition) is 0. The molecule has 5 heterocycles. The van der Waals surface area contributed by atoms with Gasteiger partial charge >= 0.3 is 0 Å². The summed E-state index contributed by atoms with van der Waals surface area (Å²) in [6.07, 6.45) is 2.02. The average Bonchev–Trinajstić information content (AvgIpc) is 3.17. The second-order valence-corrected chi connectivity index (χ2v) is 11.9. The molecular weight excluding hydrogens is 532 g/mol. The second-order valence-electron chi connectivity index (χ2n) is 11.9. The number of likely N-dealkylation sites (N-methyl/N-ethyl adjacent to an activating group) is 1.